The Morgan fingerprint density at radius 1 is 0.744 bits per heavy atom. The molecule has 8 nitrogen and oxygen atoms in total. The lowest BCUT2D eigenvalue weighted by atomic mass is 9.97. The quantitative estimate of drug-likeness (QED) is 0.177. The fourth-order valence-electron chi connectivity index (χ4n) is 4.11. The van der Waals surface area contributed by atoms with Crippen LogP contribution in [0.5, 0.6) is 11.5 Å². The van der Waals surface area contributed by atoms with E-state index in [2.05, 4.69) is 10.1 Å². The van der Waals surface area contributed by atoms with Crippen molar-refractivity contribution in [3.8, 4) is 22.6 Å². The molecule has 4 aromatic rings. The van der Waals surface area contributed by atoms with Crippen LogP contribution in [-0.4, -0.2) is 46.9 Å². The van der Waals surface area contributed by atoms with E-state index >= 15 is 0 Å². The molecule has 0 fully saturated rings. The summed E-state index contributed by atoms with van der Waals surface area (Å²) < 4.78 is 47.6. The van der Waals surface area contributed by atoms with Gasteiger partial charge in [0.1, 0.15) is 17.6 Å². The van der Waals surface area contributed by atoms with Crippen molar-refractivity contribution in [1.29, 1.82) is 0 Å². The molecule has 0 aliphatic carbocycles. The van der Waals surface area contributed by atoms with Crippen molar-refractivity contribution in [2.24, 2.45) is 0 Å². The second kappa shape index (κ2) is 13.7. The fourth-order valence-corrected chi connectivity index (χ4v) is 4.11. The van der Waals surface area contributed by atoms with Crippen molar-refractivity contribution in [1.82, 2.24) is 5.32 Å². The highest BCUT2D eigenvalue weighted by molar-refractivity contribution is 5.96. The van der Waals surface area contributed by atoms with Crippen LogP contribution in [0.1, 0.15) is 38.8 Å². The third-order valence-corrected chi connectivity index (χ3v) is 6.31. The number of alkyl halides is 3. The van der Waals surface area contributed by atoms with Gasteiger partial charge in [-0.15, -0.1) is 13.2 Å². The predicted molar refractivity (Wildman–Crippen MR) is 150 cm³/mol. The number of benzene rings is 4. The molecule has 4 aromatic carbocycles. The Hall–Kier alpha value is -5.16. The van der Waals surface area contributed by atoms with Crippen LogP contribution in [0.25, 0.3) is 11.1 Å². The van der Waals surface area contributed by atoms with Crippen LogP contribution in [0.2, 0.25) is 0 Å². The van der Waals surface area contributed by atoms with E-state index in [0.29, 0.717) is 11.3 Å². The van der Waals surface area contributed by atoms with Crippen LogP contribution in [0.3, 0.4) is 0 Å². The smallest absolute Gasteiger partial charge is 0.485 e. The summed E-state index contributed by atoms with van der Waals surface area (Å²) in [7, 11) is 0. The number of carboxylic acids is 1. The van der Waals surface area contributed by atoms with E-state index in [1.54, 1.807) is 0 Å². The van der Waals surface area contributed by atoms with Crippen LogP contribution in [0.15, 0.2) is 103 Å². The highest BCUT2D eigenvalue weighted by Crippen LogP contribution is 2.30. The number of Topliss-reactive ketones (excluding diaryl/α,β-unsaturated/α-hetero) is 1. The van der Waals surface area contributed by atoms with Crippen molar-refractivity contribution >= 4 is 17.7 Å². The Kier molecular flexibility index (Phi) is 9.79. The van der Waals surface area contributed by atoms with Gasteiger partial charge < -0.3 is 25.0 Å². The first kappa shape index (κ1) is 30.8. The SMILES string of the molecule is O=C(CC(Oc1ccc(C(=O)NC[C@@H](O)C(=O)O)cc1)c1ccc(-c2ccccc2)cc1)c1ccc(OC(F)(F)F)cc1. The maximum absolute atomic E-state index is 13.2. The first-order valence-electron chi connectivity index (χ1n) is 13.0. The lowest BCUT2D eigenvalue weighted by Gasteiger charge is -2.20. The number of hydrogen-bond acceptors (Lipinski definition) is 6. The number of halogens is 3. The number of aliphatic hydroxyl groups is 1. The lowest BCUT2D eigenvalue weighted by Crippen LogP contribution is -2.36. The molecule has 0 heterocycles. The van der Waals surface area contributed by atoms with Crippen molar-refractivity contribution in [2.45, 2.75) is 25.0 Å². The van der Waals surface area contributed by atoms with Crippen molar-refractivity contribution in [3.05, 3.63) is 120 Å². The maximum atomic E-state index is 13.2. The molecule has 1 unspecified atom stereocenters. The van der Waals surface area contributed by atoms with Gasteiger partial charge in [-0.25, -0.2) is 4.79 Å². The zero-order chi connectivity index (χ0) is 31.0. The monoisotopic (exact) mass is 593 g/mol. The minimum Gasteiger partial charge on any atom is -0.485 e. The zero-order valence-electron chi connectivity index (χ0n) is 22.5. The molecule has 2 atom stereocenters. The van der Waals surface area contributed by atoms with Crippen LogP contribution in [0, 0.1) is 0 Å². The summed E-state index contributed by atoms with van der Waals surface area (Å²) in [6, 6.07) is 27.5. The molecule has 0 radical (unpaired) electrons. The minimum absolute atomic E-state index is 0.153. The molecule has 0 aromatic heterocycles. The first-order valence-corrected chi connectivity index (χ1v) is 13.0. The molecule has 11 heteroatoms. The third kappa shape index (κ3) is 8.91. The molecular weight excluding hydrogens is 567 g/mol. The highest BCUT2D eigenvalue weighted by Gasteiger charge is 2.31. The average molecular weight is 594 g/mol. The van der Waals surface area contributed by atoms with Gasteiger partial charge >= 0.3 is 12.3 Å². The normalized spacial score (nSPS) is 12.6. The van der Waals surface area contributed by atoms with Crippen molar-refractivity contribution in [2.75, 3.05) is 6.54 Å². The van der Waals surface area contributed by atoms with Crippen LogP contribution in [-0.2, 0) is 4.79 Å². The summed E-state index contributed by atoms with van der Waals surface area (Å²) in [5.41, 5.74) is 2.95. The Balaban J connectivity index is 1.52. The topological polar surface area (TPSA) is 122 Å². The van der Waals surface area contributed by atoms with Gasteiger partial charge in [-0.2, -0.15) is 0 Å². The summed E-state index contributed by atoms with van der Waals surface area (Å²) in [6.07, 6.45) is -7.55. The standard InChI is InChI=1S/C32H26F3NO7/c33-32(34,35)43-26-16-10-22(11-17-26)27(37)18-29(23-8-6-21(7-9-23)20-4-2-1-3-5-20)42-25-14-12-24(13-15-25)30(39)36-19-28(38)31(40)41/h1-17,28-29,38H,18-19H2,(H,36,39)(H,40,41)/t28-,29?/m1/s1. The van der Waals surface area contributed by atoms with E-state index in [4.69, 9.17) is 9.84 Å². The van der Waals surface area contributed by atoms with Gasteiger partial charge in [0.2, 0.25) is 0 Å². The van der Waals surface area contributed by atoms with Gasteiger partial charge in [0.25, 0.3) is 5.91 Å². The maximum Gasteiger partial charge on any atom is 0.573 e. The molecular formula is C32H26F3NO7. The number of nitrogens with one attached hydrogen (secondary N) is 1. The number of rotatable bonds is 12. The number of carboxylic acid groups (broad SMARTS) is 1. The summed E-state index contributed by atoms with van der Waals surface area (Å²) >= 11 is 0. The summed E-state index contributed by atoms with van der Waals surface area (Å²) in [4.78, 5) is 36.2. The molecule has 3 N–H and O–H groups in total. The predicted octanol–water partition coefficient (Wildman–Crippen LogP) is 5.82. The fraction of sp³-hybridized carbons (Fsp3) is 0.156. The Morgan fingerprint density at radius 3 is 1.88 bits per heavy atom. The minimum atomic E-state index is -4.85. The zero-order valence-corrected chi connectivity index (χ0v) is 22.5. The second-order valence-electron chi connectivity index (χ2n) is 9.38. The number of carbonyl (C=O) groups excluding carboxylic acids is 2. The first-order chi connectivity index (χ1) is 20.5. The molecule has 0 saturated carbocycles. The largest absolute Gasteiger partial charge is 0.573 e. The number of amides is 1. The number of carbonyl (C=O) groups is 3. The summed E-state index contributed by atoms with van der Waals surface area (Å²) in [5.74, 6) is -2.58. The van der Waals surface area contributed by atoms with E-state index in [0.717, 1.165) is 23.3 Å². The number of aliphatic hydroxyl groups excluding tert-OH is 1. The van der Waals surface area contributed by atoms with Gasteiger partial charge in [0.15, 0.2) is 11.9 Å². The van der Waals surface area contributed by atoms with Gasteiger partial charge in [0, 0.05) is 11.1 Å². The summed E-state index contributed by atoms with van der Waals surface area (Å²) in [5, 5.41) is 20.4. The molecule has 43 heavy (non-hydrogen) atoms. The van der Waals surface area contributed by atoms with Gasteiger partial charge in [-0.1, -0.05) is 54.6 Å². The molecule has 1 amide bonds. The third-order valence-electron chi connectivity index (χ3n) is 6.31. The van der Waals surface area contributed by atoms with E-state index < -0.39 is 42.7 Å². The van der Waals surface area contributed by atoms with Crippen LogP contribution < -0.4 is 14.8 Å². The molecule has 0 aliphatic rings. The number of ketones is 1. The molecule has 222 valence electrons. The van der Waals surface area contributed by atoms with Gasteiger partial charge in [-0.05, 0) is 65.2 Å². The van der Waals surface area contributed by atoms with Crippen molar-refractivity contribution in [3.63, 3.8) is 0 Å². The highest BCUT2D eigenvalue weighted by atomic mass is 19.4. The van der Waals surface area contributed by atoms with Crippen LogP contribution >= 0.6 is 0 Å². The number of hydrogen-bond donors (Lipinski definition) is 3. The van der Waals surface area contributed by atoms with Crippen molar-refractivity contribution < 1.29 is 47.2 Å². The molecule has 0 aliphatic heterocycles. The molecule has 4 rings (SSSR count). The van der Waals surface area contributed by atoms with Gasteiger partial charge in [0.05, 0.1) is 13.0 Å². The second-order valence-corrected chi connectivity index (χ2v) is 9.38. The molecule has 0 bridgehead atoms. The van der Waals surface area contributed by atoms with E-state index in [-0.39, 0.29) is 23.3 Å². The lowest BCUT2D eigenvalue weighted by molar-refractivity contribution is -0.274. The summed E-state index contributed by atoms with van der Waals surface area (Å²) in [6.45, 7) is -0.473. The Labute approximate surface area is 244 Å². The van der Waals surface area contributed by atoms with E-state index in [1.807, 2.05) is 54.6 Å². The van der Waals surface area contributed by atoms with E-state index in [9.17, 15) is 32.7 Å². The Bertz CT molecular complexity index is 1540. The van der Waals surface area contributed by atoms with Gasteiger partial charge in [-0.3, -0.25) is 9.59 Å². The number of ether oxygens (including phenoxy) is 2. The molecule has 0 spiro atoms. The number of aliphatic carboxylic acids is 1. The Morgan fingerprint density at radius 2 is 1.30 bits per heavy atom. The molecule has 0 saturated heterocycles. The van der Waals surface area contributed by atoms with E-state index in [1.165, 1.54) is 36.4 Å². The van der Waals surface area contributed by atoms with Crippen LogP contribution in [0.4, 0.5) is 13.2 Å². The average Bonchev–Trinajstić information content (AvgIpc) is 2.99.